The Morgan fingerprint density at radius 2 is 1.83 bits per heavy atom. The molecular formula is C16H12ClN2O5-. The molecule has 2 aromatic rings. The average molecular weight is 348 g/mol. The molecule has 0 saturated carbocycles. The van der Waals surface area contributed by atoms with Gasteiger partial charge in [-0.05, 0) is 30.3 Å². The second-order valence-electron chi connectivity index (χ2n) is 4.96. The number of nitrogens with one attached hydrogen (secondary N) is 1. The predicted octanol–water partition coefficient (Wildman–Crippen LogP) is 2.05. The van der Waals surface area contributed by atoms with E-state index in [1.54, 1.807) is 0 Å². The minimum Gasteiger partial charge on any atom is -0.548 e. The number of halogens is 1. The molecule has 2 rings (SSSR count). The molecule has 1 N–H and O–H groups in total. The van der Waals surface area contributed by atoms with Crippen LogP contribution in [0.4, 0.5) is 11.4 Å². The molecule has 0 saturated heterocycles. The quantitative estimate of drug-likeness (QED) is 0.466. The molecule has 0 heterocycles. The molecule has 8 heteroatoms. The summed E-state index contributed by atoms with van der Waals surface area (Å²) >= 11 is 5.74. The van der Waals surface area contributed by atoms with Gasteiger partial charge in [-0.3, -0.25) is 14.9 Å². The summed E-state index contributed by atoms with van der Waals surface area (Å²) in [6, 6.07) is 10.0. The molecule has 0 aliphatic rings. The number of benzene rings is 2. The lowest BCUT2D eigenvalue weighted by molar-refractivity contribution is -0.384. The second kappa shape index (κ2) is 7.56. The number of hydrogen-bond donors (Lipinski definition) is 1. The van der Waals surface area contributed by atoms with Gasteiger partial charge < -0.3 is 15.2 Å². The number of anilines is 1. The molecule has 0 amide bonds. The van der Waals surface area contributed by atoms with Gasteiger partial charge in [0.1, 0.15) is 0 Å². The zero-order chi connectivity index (χ0) is 17.7. The number of Topliss-reactive ketones (excluding diaryl/α,β-unsaturated/α-hetero) is 1. The van der Waals surface area contributed by atoms with E-state index in [0.29, 0.717) is 10.6 Å². The van der Waals surface area contributed by atoms with Crippen molar-refractivity contribution < 1.29 is 19.6 Å². The minimum atomic E-state index is -1.48. The third kappa shape index (κ3) is 4.53. The van der Waals surface area contributed by atoms with E-state index in [1.807, 2.05) is 0 Å². The third-order valence-electron chi connectivity index (χ3n) is 3.24. The number of hydrogen-bond acceptors (Lipinski definition) is 6. The lowest BCUT2D eigenvalue weighted by Crippen LogP contribution is -2.42. The zero-order valence-corrected chi connectivity index (χ0v) is 13.0. The van der Waals surface area contributed by atoms with Crippen molar-refractivity contribution in [3.05, 3.63) is 69.2 Å². The Bertz CT molecular complexity index is 776. The highest BCUT2D eigenvalue weighted by molar-refractivity contribution is 6.30. The lowest BCUT2D eigenvalue weighted by atomic mass is 10.0. The maximum atomic E-state index is 12.2. The smallest absolute Gasteiger partial charge is 0.271 e. The van der Waals surface area contributed by atoms with Gasteiger partial charge in [-0.1, -0.05) is 17.7 Å². The summed E-state index contributed by atoms with van der Waals surface area (Å²) in [5, 5.41) is 25.0. The summed E-state index contributed by atoms with van der Waals surface area (Å²) in [7, 11) is 0. The van der Waals surface area contributed by atoms with Gasteiger partial charge in [0.15, 0.2) is 5.78 Å². The summed E-state index contributed by atoms with van der Waals surface area (Å²) < 4.78 is 0. The summed E-state index contributed by atoms with van der Waals surface area (Å²) in [4.78, 5) is 33.6. The Hall–Kier alpha value is -2.93. The van der Waals surface area contributed by atoms with Gasteiger partial charge in [-0.2, -0.15) is 0 Å². The maximum Gasteiger partial charge on any atom is 0.271 e. The number of rotatable bonds is 7. The van der Waals surface area contributed by atoms with Crippen molar-refractivity contribution in [1.82, 2.24) is 0 Å². The predicted molar refractivity (Wildman–Crippen MR) is 85.9 cm³/mol. The zero-order valence-electron chi connectivity index (χ0n) is 12.3. The van der Waals surface area contributed by atoms with E-state index in [0.717, 1.165) is 0 Å². The Morgan fingerprint density at radius 3 is 2.42 bits per heavy atom. The average Bonchev–Trinajstić information content (AvgIpc) is 2.55. The van der Waals surface area contributed by atoms with E-state index in [2.05, 4.69) is 5.32 Å². The highest BCUT2D eigenvalue weighted by atomic mass is 35.5. The number of nitrogens with zero attached hydrogens (tertiary/aromatic N) is 1. The SMILES string of the molecule is O=C(C[C@@H](Nc1cccc([N+](=O)[O-])c1)C(=O)[O-])c1ccc(Cl)cc1. The van der Waals surface area contributed by atoms with Crippen LogP contribution in [0.25, 0.3) is 0 Å². The van der Waals surface area contributed by atoms with Crippen LogP contribution in [0.15, 0.2) is 48.5 Å². The molecule has 0 aromatic heterocycles. The van der Waals surface area contributed by atoms with Crippen molar-refractivity contribution in [2.24, 2.45) is 0 Å². The van der Waals surface area contributed by atoms with Crippen molar-refractivity contribution in [3.63, 3.8) is 0 Å². The van der Waals surface area contributed by atoms with E-state index in [4.69, 9.17) is 11.6 Å². The number of non-ortho nitro benzene ring substituents is 1. The molecule has 0 fully saturated rings. The topological polar surface area (TPSA) is 112 Å². The molecule has 124 valence electrons. The fourth-order valence-electron chi connectivity index (χ4n) is 2.04. The molecule has 2 aromatic carbocycles. The number of carbonyl (C=O) groups excluding carboxylic acids is 2. The van der Waals surface area contributed by atoms with E-state index in [9.17, 15) is 24.8 Å². The monoisotopic (exact) mass is 347 g/mol. The van der Waals surface area contributed by atoms with Gasteiger partial charge in [0.05, 0.1) is 16.9 Å². The molecule has 7 nitrogen and oxygen atoms in total. The van der Waals surface area contributed by atoms with Crippen molar-refractivity contribution in [2.45, 2.75) is 12.5 Å². The minimum absolute atomic E-state index is 0.193. The molecule has 0 spiro atoms. The molecule has 0 unspecified atom stereocenters. The van der Waals surface area contributed by atoms with Crippen LogP contribution in [-0.4, -0.2) is 22.7 Å². The van der Waals surface area contributed by atoms with E-state index >= 15 is 0 Å². The number of nitro benzene ring substituents is 1. The number of nitro groups is 1. The molecule has 24 heavy (non-hydrogen) atoms. The molecule has 0 radical (unpaired) electrons. The molecule has 0 bridgehead atoms. The van der Waals surface area contributed by atoms with Gasteiger partial charge in [0.2, 0.25) is 0 Å². The molecular weight excluding hydrogens is 336 g/mol. The Labute approximate surface area is 142 Å². The van der Waals surface area contributed by atoms with Crippen molar-refractivity contribution in [3.8, 4) is 0 Å². The lowest BCUT2D eigenvalue weighted by Gasteiger charge is -2.20. The molecule has 0 aliphatic carbocycles. The number of aliphatic carboxylic acids is 1. The van der Waals surface area contributed by atoms with Crippen LogP contribution in [0.1, 0.15) is 16.8 Å². The van der Waals surface area contributed by atoms with Gasteiger partial charge in [0.25, 0.3) is 5.69 Å². The van der Waals surface area contributed by atoms with Gasteiger partial charge in [0, 0.05) is 34.8 Å². The first-order valence-electron chi connectivity index (χ1n) is 6.87. The Morgan fingerprint density at radius 1 is 1.17 bits per heavy atom. The van der Waals surface area contributed by atoms with Crippen LogP contribution in [0, 0.1) is 10.1 Å². The maximum absolute atomic E-state index is 12.2. The third-order valence-corrected chi connectivity index (χ3v) is 3.49. The Kier molecular flexibility index (Phi) is 5.49. The normalized spacial score (nSPS) is 11.5. The summed E-state index contributed by atoms with van der Waals surface area (Å²) in [6.07, 6.45) is -0.368. The fourth-order valence-corrected chi connectivity index (χ4v) is 2.17. The van der Waals surface area contributed by atoms with Crippen LogP contribution in [0.2, 0.25) is 5.02 Å². The van der Waals surface area contributed by atoms with Crippen molar-refractivity contribution in [1.29, 1.82) is 0 Å². The van der Waals surface area contributed by atoms with Crippen LogP contribution in [0.3, 0.4) is 0 Å². The molecule has 1 atom stereocenters. The fraction of sp³-hybridized carbons (Fsp3) is 0.125. The first-order chi connectivity index (χ1) is 11.4. The number of carboxylic acid groups (broad SMARTS) is 1. The van der Waals surface area contributed by atoms with Gasteiger partial charge >= 0.3 is 0 Å². The van der Waals surface area contributed by atoms with Crippen LogP contribution >= 0.6 is 11.6 Å². The van der Waals surface area contributed by atoms with E-state index in [-0.39, 0.29) is 17.8 Å². The van der Waals surface area contributed by atoms with Gasteiger partial charge in [-0.15, -0.1) is 0 Å². The number of carbonyl (C=O) groups is 2. The number of ketones is 1. The van der Waals surface area contributed by atoms with Crippen molar-refractivity contribution >= 4 is 34.7 Å². The van der Waals surface area contributed by atoms with Crippen LogP contribution in [-0.2, 0) is 4.79 Å². The highest BCUT2D eigenvalue weighted by Crippen LogP contribution is 2.19. The highest BCUT2D eigenvalue weighted by Gasteiger charge is 2.17. The summed E-state index contributed by atoms with van der Waals surface area (Å²) in [5.41, 5.74) is 0.329. The van der Waals surface area contributed by atoms with Crippen LogP contribution in [0.5, 0.6) is 0 Å². The second-order valence-corrected chi connectivity index (χ2v) is 5.39. The Balaban J connectivity index is 2.13. The summed E-state index contributed by atoms with van der Waals surface area (Å²) in [5.74, 6) is -1.90. The number of carboxylic acids is 1. The van der Waals surface area contributed by atoms with Gasteiger partial charge in [-0.25, -0.2) is 0 Å². The standard InChI is InChI=1S/C16H13ClN2O5/c17-11-6-4-10(5-7-11)15(20)9-14(16(21)22)18-12-2-1-3-13(8-12)19(23)24/h1-8,14,18H,9H2,(H,21,22)/p-1/t14-/m1/s1. The van der Waals surface area contributed by atoms with E-state index in [1.165, 1.54) is 48.5 Å². The largest absolute Gasteiger partial charge is 0.548 e. The first-order valence-corrected chi connectivity index (χ1v) is 7.25. The van der Waals surface area contributed by atoms with Crippen molar-refractivity contribution in [2.75, 3.05) is 5.32 Å². The van der Waals surface area contributed by atoms with E-state index < -0.39 is 22.7 Å². The first kappa shape index (κ1) is 17.4. The molecule has 0 aliphatic heterocycles. The summed E-state index contributed by atoms with van der Waals surface area (Å²) in [6.45, 7) is 0. The van der Waals surface area contributed by atoms with Crippen LogP contribution < -0.4 is 10.4 Å².